The van der Waals surface area contributed by atoms with Gasteiger partial charge in [0.15, 0.2) is 5.76 Å². The molecule has 1 fully saturated rings. The van der Waals surface area contributed by atoms with Gasteiger partial charge in [0.2, 0.25) is 5.91 Å². The molecule has 0 aliphatic carbocycles. The number of aromatic nitrogens is 1. The van der Waals surface area contributed by atoms with Crippen LogP contribution in [0.4, 0.5) is 0 Å². The largest absolute Gasteiger partial charge is 0.359 e. The fourth-order valence-corrected chi connectivity index (χ4v) is 2.92. The van der Waals surface area contributed by atoms with Crippen LogP contribution in [-0.2, 0) is 11.3 Å². The van der Waals surface area contributed by atoms with Crippen molar-refractivity contribution in [1.82, 2.24) is 15.8 Å². The smallest absolute Gasteiger partial charge is 0.220 e. The van der Waals surface area contributed by atoms with Gasteiger partial charge in [0, 0.05) is 18.1 Å². The van der Waals surface area contributed by atoms with Gasteiger partial charge in [-0.2, -0.15) is 0 Å². The molecule has 1 aliphatic rings. The van der Waals surface area contributed by atoms with Crippen molar-refractivity contribution in [2.75, 3.05) is 13.1 Å². The van der Waals surface area contributed by atoms with Crippen LogP contribution in [0.1, 0.15) is 31.4 Å². The van der Waals surface area contributed by atoms with Crippen LogP contribution in [0.5, 0.6) is 0 Å². The summed E-state index contributed by atoms with van der Waals surface area (Å²) < 4.78 is 5.29. The topological polar surface area (TPSA) is 67.2 Å². The second kappa shape index (κ2) is 7.92. The minimum absolute atomic E-state index is 0.0844. The highest BCUT2D eigenvalue weighted by Crippen LogP contribution is 2.19. The number of nitrogens with zero attached hydrogens (tertiary/aromatic N) is 1. The average Bonchev–Trinajstić information content (AvgIpc) is 3.09. The molecule has 0 spiro atoms. The summed E-state index contributed by atoms with van der Waals surface area (Å²) in [5.41, 5.74) is 1.81. The van der Waals surface area contributed by atoms with Crippen LogP contribution in [0.25, 0.3) is 11.3 Å². The molecular formula is C18H23N3O2. The first-order valence-electron chi connectivity index (χ1n) is 8.29. The molecule has 5 heteroatoms. The van der Waals surface area contributed by atoms with Crippen molar-refractivity contribution in [2.45, 2.75) is 32.2 Å². The van der Waals surface area contributed by atoms with Gasteiger partial charge in [-0.15, -0.1) is 0 Å². The van der Waals surface area contributed by atoms with Crippen LogP contribution in [-0.4, -0.2) is 24.2 Å². The number of hydrogen-bond donors (Lipinski definition) is 2. The second-order valence-electron chi connectivity index (χ2n) is 6.05. The molecule has 122 valence electrons. The molecule has 1 saturated heterocycles. The summed E-state index contributed by atoms with van der Waals surface area (Å²) in [6.07, 6.45) is 3.91. The Morgan fingerprint density at radius 3 is 2.83 bits per heavy atom. The molecule has 1 aliphatic heterocycles. The summed E-state index contributed by atoms with van der Waals surface area (Å²) in [5.74, 6) is 1.44. The second-order valence-corrected chi connectivity index (χ2v) is 6.05. The highest BCUT2D eigenvalue weighted by molar-refractivity contribution is 5.75. The predicted octanol–water partition coefficient (Wildman–Crippen LogP) is 2.74. The number of rotatable bonds is 6. The van der Waals surface area contributed by atoms with Crippen LogP contribution in [0.15, 0.2) is 40.9 Å². The lowest BCUT2D eigenvalue weighted by atomic mass is 9.93. The maximum atomic E-state index is 11.9. The standard InChI is InChI=1S/C18H23N3O2/c22-18(7-6-14-8-10-19-11-9-14)20-13-16-12-17(21-23-16)15-4-2-1-3-5-15/h1-5,12,14,19H,6-11,13H2,(H,20,22). The van der Waals surface area contributed by atoms with Crippen LogP contribution in [0, 0.1) is 5.92 Å². The Kier molecular flexibility index (Phi) is 5.42. The Labute approximate surface area is 136 Å². The number of nitrogens with one attached hydrogen (secondary N) is 2. The predicted molar refractivity (Wildman–Crippen MR) is 88.6 cm³/mol. The van der Waals surface area contributed by atoms with Gasteiger partial charge in [0.1, 0.15) is 5.69 Å². The number of carbonyl (C=O) groups is 1. The van der Waals surface area contributed by atoms with Crippen molar-refractivity contribution in [3.05, 3.63) is 42.2 Å². The molecule has 1 amide bonds. The summed E-state index contributed by atoms with van der Waals surface area (Å²) in [5, 5.41) is 10.3. The molecule has 3 rings (SSSR count). The summed E-state index contributed by atoms with van der Waals surface area (Å²) in [4.78, 5) is 11.9. The zero-order valence-electron chi connectivity index (χ0n) is 13.3. The normalized spacial score (nSPS) is 15.5. The molecule has 0 radical (unpaired) electrons. The highest BCUT2D eigenvalue weighted by Gasteiger charge is 2.14. The van der Waals surface area contributed by atoms with Crippen molar-refractivity contribution >= 4 is 5.91 Å². The van der Waals surface area contributed by atoms with E-state index in [1.54, 1.807) is 0 Å². The number of amides is 1. The summed E-state index contributed by atoms with van der Waals surface area (Å²) in [6.45, 7) is 2.55. The van der Waals surface area contributed by atoms with E-state index in [1.807, 2.05) is 36.4 Å². The van der Waals surface area contributed by atoms with Gasteiger partial charge in [0.25, 0.3) is 0 Å². The molecule has 1 aromatic carbocycles. The first-order chi connectivity index (χ1) is 11.3. The van der Waals surface area contributed by atoms with E-state index in [1.165, 1.54) is 12.8 Å². The van der Waals surface area contributed by atoms with E-state index in [0.717, 1.165) is 30.8 Å². The molecule has 0 saturated carbocycles. The molecule has 5 nitrogen and oxygen atoms in total. The first kappa shape index (κ1) is 15.7. The minimum atomic E-state index is 0.0844. The quantitative estimate of drug-likeness (QED) is 0.860. The minimum Gasteiger partial charge on any atom is -0.359 e. The van der Waals surface area contributed by atoms with Crippen LogP contribution >= 0.6 is 0 Å². The lowest BCUT2D eigenvalue weighted by molar-refractivity contribution is -0.121. The van der Waals surface area contributed by atoms with Crippen molar-refractivity contribution in [2.24, 2.45) is 5.92 Å². The van der Waals surface area contributed by atoms with E-state index >= 15 is 0 Å². The average molecular weight is 313 g/mol. The lowest BCUT2D eigenvalue weighted by Gasteiger charge is -2.22. The van der Waals surface area contributed by atoms with E-state index in [4.69, 9.17) is 4.52 Å². The monoisotopic (exact) mass is 313 g/mol. The Balaban J connectivity index is 1.43. The number of carbonyl (C=O) groups excluding carboxylic acids is 1. The fourth-order valence-electron chi connectivity index (χ4n) is 2.92. The van der Waals surface area contributed by atoms with Crippen molar-refractivity contribution in [3.63, 3.8) is 0 Å². The molecular weight excluding hydrogens is 290 g/mol. The third-order valence-corrected chi connectivity index (χ3v) is 4.33. The Morgan fingerprint density at radius 1 is 1.26 bits per heavy atom. The molecule has 0 unspecified atom stereocenters. The number of benzene rings is 1. The third kappa shape index (κ3) is 4.66. The SMILES string of the molecule is O=C(CCC1CCNCC1)NCc1cc(-c2ccccc2)no1. The highest BCUT2D eigenvalue weighted by atomic mass is 16.5. The van der Waals surface area contributed by atoms with Gasteiger partial charge in [-0.05, 0) is 38.3 Å². The Hall–Kier alpha value is -2.14. The van der Waals surface area contributed by atoms with Gasteiger partial charge >= 0.3 is 0 Å². The lowest BCUT2D eigenvalue weighted by Crippen LogP contribution is -2.29. The molecule has 0 atom stereocenters. The van der Waals surface area contributed by atoms with E-state index in [2.05, 4.69) is 15.8 Å². The fraction of sp³-hybridized carbons (Fsp3) is 0.444. The van der Waals surface area contributed by atoms with Crippen LogP contribution in [0.3, 0.4) is 0 Å². The third-order valence-electron chi connectivity index (χ3n) is 4.33. The molecule has 2 aromatic rings. The first-order valence-corrected chi connectivity index (χ1v) is 8.29. The van der Waals surface area contributed by atoms with E-state index in [-0.39, 0.29) is 5.91 Å². The van der Waals surface area contributed by atoms with Crippen molar-refractivity contribution in [1.29, 1.82) is 0 Å². The van der Waals surface area contributed by atoms with Crippen molar-refractivity contribution < 1.29 is 9.32 Å². The maximum absolute atomic E-state index is 11.9. The van der Waals surface area contributed by atoms with Gasteiger partial charge in [-0.25, -0.2) is 0 Å². The molecule has 1 aromatic heterocycles. The molecule has 0 bridgehead atoms. The Bertz CT molecular complexity index is 618. The van der Waals surface area contributed by atoms with E-state index in [0.29, 0.717) is 24.6 Å². The number of piperidine rings is 1. The van der Waals surface area contributed by atoms with Gasteiger partial charge in [0.05, 0.1) is 6.54 Å². The van der Waals surface area contributed by atoms with Crippen LogP contribution < -0.4 is 10.6 Å². The van der Waals surface area contributed by atoms with Gasteiger partial charge < -0.3 is 15.2 Å². The zero-order valence-corrected chi connectivity index (χ0v) is 13.3. The van der Waals surface area contributed by atoms with Crippen LogP contribution in [0.2, 0.25) is 0 Å². The number of hydrogen-bond acceptors (Lipinski definition) is 4. The van der Waals surface area contributed by atoms with Gasteiger partial charge in [-0.1, -0.05) is 35.5 Å². The molecule has 2 N–H and O–H groups in total. The maximum Gasteiger partial charge on any atom is 0.220 e. The molecule has 23 heavy (non-hydrogen) atoms. The zero-order chi connectivity index (χ0) is 15.9. The van der Waals surface area contributed by atoms with E-state index < -0.39 is 0 Å². The molecule has 2 heterocycles. The summed E-state index contributed by atoms with van der Waals surface area (Å²) in [7, 11) is 0. The van der Waals surface area contributed by atoms with E-state index in [9.17, 15) is 4.79 Å². The van der Waals surface area contributed by atoms with Gasteiger partial charge in [-0.3, -0.25) is 4.79 Å². The Morgan fingerprint density at radius 2 is 2.04 bits per heavy atom. The summed E-state index contributed by atoms with van der Waals surface area (Å²) >= 11 is 0. The summed E-state index contributed by atoms with van der Waals surface area (Å²) in [6, 6.07) is 11.7. The van der Waals surface area contributed by atoms with Crippen molar-refractivity contribution in [3.8, 4) is 11.3 Å².